The van der Waals surface area contributed by atoms with Crippen molar-refractivity contribution < 1.29 is 14.7 Å². The van der Waals surface area contributed by atoms with Crippen molar-refractivity contribution in [3.8, 4) is 0 Å². The summed E-state index contributed by atoms with van der Waals surface area (Å²) in [5, 5.41) is 12.7. The van der Waals surface area contributed by atoms with E-state index in [1.165, 1.54) is 0 Å². The molecule has 2 rings (SSSR count). The number of nitrogens with one attached hydrogen (secondary N) is 1. The van der Waals surface area contributed by atoms with Gasteiger partial charge >= 0.3 is 5.97 Å². The van der Waals surface area contributed by atoms with E-state index in [2.05, 4.69) is 12.2 Å². The minimum absolute atomic E-state index is 0.0794. The van der Waals surface area contributed by atoms with Gasteiger partial charge in [-0.3, -0.25) is 4.79 Å². The van der Waals surface area contributed by atoms with Gasteiger partial charge < -0.3 is 15.3 Å². The van der Waals surface area contributed by atoms with Gasteiger partial charge in [-0.25, -0.2) is 4.79 Å². The van der Waals surface area contributed by atoms with Gasteiger partial charge in [0.1, 0.15) is 6.04 Å². The van der Waals surface area contributed by atoms with Crippen LogP contribution in [0.25, 0.3) is 0 Å². The largest absolute Gasteiger partial charge is 0.480 e. The number of carboxylic acid groups (broad SMARTS) is 1. The minimum Gasteiger partial charge on any atom is -0.480 e. The normalized spacial score (nSPS) is 26.9. The molecule has 1 unspecified atom stereocenters. The van der Waals surface area contributed by atoms with Crippen LogP contribution in [0, 0.1) is 5.41 Å². The summed E-state index contributed by atoms with van der Waals surface area (Å²) in [6.07, 6.45) is 5.90. The van der Waals surface area contributed by atoms with Crippen LogP contribution in [0.2, 0.25) is 0 Å². The molecule has 2 saturated heterocycles. The summed E-state index contributed by atoms with van der Waals surface area (Å²) < 4.78 is 0. The number of likely N-dealkylation sites (tertiary alicyclic amines) is 1. The lowest BCUT2D eigenvalue weighted by molar-refractivity contribution is -0.156. The van der Waals surface area contributed by atoms with Crippen LogP contribution in [-0.2, 0) is 9.59 Å². The Labute approximate surface area is 120 Å². The predicted octanol–water partition coefficient (Wildman–Crippen LogP) is 1.62. The van der Waals surface area contributed by atoms with Crippen LogP contribution >= 0.6 is 0 Å². The lowest BCUT2D eigenvalue weighted by atomic mass is 9.75. The standard InChI is InChI=1S/C15H26N2O3/c1-2-15(7-9-16-10-8-15)14(20)17-11-5-3-4-6-12(17)13(18)19/h12,16H,2-11H2,1H3,(H,18,19). The van der Waals surface area contributed by atoms with Crippen LogP contribution in [0.5, 0.6) is 0 Å². The Bertz CT molecular complexity index is 364. The van der Waals surface area contributed by atoms with E-state index in [1.54, 1.807) is 4.90 Å². The minimum atomic E-state index is -0.847. The zero-order chi connectivity index (χ0) is 14.6. The van der Waals surface area contributed by atoms with Gasteiger partial charge in [0.15, 0.2) is 0 Å². The molecule has 5 nitrogen and oxygen atoms in total. The zero-order valence-electron chi connectivity index (χ0n) is 12.4. The molecule has 0 aliphatic carbocycles. The van der Waals surface area contributed by atoms with Gasteiger partial charge in [0, 0.05) is 6.54 Å². The monoisotopic (exact) mass is 282 g/mol. The van der Waals surface area contributed by atoms with Crippen molar-refractivity contribution in [1.29, 1.82) is 0 Å². The summed E-state index contributed by atoms with van der Waals surface area (Å²) in [5.74, 6) is -0.767. The Hall–Kier alpha value is -1.10. The molecule has 0 saturated carbocycles. The van der Waals surface area contributed by atoms with Crippen LogP contribution in [0.15, 0.2) is 0 Å². The first kappa shape index (κ1) is 15.3. The third-order valence-corrected chi connectivity index (χ3v) is 4.99. The number of hydrogen-bond donors (Lipinski definition) is 2. The summed E-state index contributed by atoms with van der Waals surface area (Å²) in [4.78, 5) is 26.2. The van der Waals surface area contributed by atoms with Crippen LogP contribution in [0.3, 0.4) is 0 Å². The van der Waals surface area contributed by atoms with E-state index in [0.29, 0.717) is 13.0 Å². The number of carbonyl (C=O) groups is 2. The smallest absolute Gasteiger partial charge is 0.326 e. The highest BCUT2D eigenvalue weighted by Gasteiger charge is 2.43. The Kier molecular flexibility index (Phi) is 5.02. The average molecular weight is 282 g/mol. The average Bonchev–Trinajstić information content (AvgIpc) is 2.73. The molecule has 114 valence electrons. The van der Waals surface area contributed by atoms with Gasteiger partial charge in [-0.1, -0.05) is 19.8 Å². The van der Waals surface area contributed by atoms with E-state index in [4.69, 9.17) is 0 Å². The van der Waals surface area contributed by atoms with Crippen LogP contribution in [0.4, 0.5) is 0 Å². The number of nitrogens with zero attached hydrogens (tertiary/aromatic N) is 1. The summed E-state index contributed by atoms with van der Waals surface area (Å²) in [6, 6.07) is -0.622. The Morgan fingerprint density at radius 2 is 1.95 bits per heavy atom. The van der Waals surface area contributed by atoms with Gasteiger partial charge in [-0.05, 0) is 45.2 Å². The third kappa shape index (κ3) is 2.97. The molecule has 5 heteroatoms. The van der Waals surface area contributed by atoms with E-state index in [1.807, 2.05) is 0 Å². The topological polar surface area (TPSA) is 69.6 Å². The maximum atomic E-state index is 13.0. The van der Waals surface area contributed by atoms with E-state index >= 15 is 0 Å². The molecule has 0 aromatic carbocycles. The number of carboxylic acids is 1. The Balaban J connectivity index is 2.20. The quantitative estimate of drug-likeness (QED) is 0.825. The van der Waals surface area contributed by atoms with Gasteiger partial charge in [-0.15, -0.1) is 0 Å². The molecule has 2 aliphatic heterocycles. The molecule has 0 spiro atoms. The van der Waals surface area contributed by atoms with Gasteiger partial charge in [0.05, 0.1) is 5.41 Å². The van der Waals surface area contributed by atoms with Crippen molar-refractivity contribution in [2.75, 3.05) is 19.6 Å². The second-order valence-corrected chi connectivity index (χ2v) is 6.09. The molecule has 2 aliphatic rings. The molecule has 2 heterocycles. The molecule has 1 atom stereocenters. The maximum absolute atomic E-state index is 13.0. The molecular weight excluding hydrogens is 256 g/mol. The molecule has 0 aromatic rings. The summed E-state index contributed by atoms with van der Waals surface area (Å²) in [7, 11) is 0. The van der Waals surface area contributed by atoms with E-state index < -0.39 is 12.0 Å². The van der Waals surface area contributed by atoms with E-state index in [9.17, 15) is 14.7 Å². The number of amides is 1. The molecule has 0 radical (unpaired) electrons. The molecule has 0 bridgehead atoms. The lowest BCUT2D eigenvalue weighted by Gasteiger charge is -2.41. The van der Waals surface area contributed by atoms with Crippen LogP contribution in [-0.4, -0.2) is 47.6 Å². The molecule has 2 N–H and O–H groups in total. The number of hydrogen-bond acceptors (Lipinski definition) is 3. The van der Waals surface area contributed by atoms with Crippen molar-refractivity contribution in [3.63, 3.8) is 0 Å². The van der Waals surface area contributed by atoms with Crippen LogP contribution in [0.1, 0.15) is 51.9 Å². The first-order valence-electron chi connectivity index (χ1n) is 7.85. The molecule has 20 heavy (non-hydrogen) atoms. The Morgan fingerprint density at radius 3 is 2.55 bits per heavy atom. The summed E-state index contributed by atoms with van der Waals surface area (Å²) in [5.41, 5.74) is -0.344. The van der Waals surface area contributed by atoms with Gasteiger partial charge in [-0.2, -0.15) is 0 Å². The highest BCUT2D eigenvalue weighted by Crippen LogP contribution is 2.36. The number of carbonyl (C=O) groups excluding carboxylic acids is 1. The van der Waals surface area contributed by atoms with Crippen molar-refractivity contribution in [3.05, 3.63) is 0 Å². The highest BCUT2D eigenvalue weighted by atomic mass is 16.4. The highest BCUT2D eigenvalue weighted by molar-refractivity contribution is 5.87. The predicted molar refractivity (Wildman–Crippen MR) is 76.4 cm³/mol. The Morgan fingerprint density at radius 1 is 1.25 bits per heavy atom. The molecule has 0 aromatic heterocycles. The van der Waals surface area contributed by atoms with E-state index in [-0.39, 0.29) is 11.3 Å². The first-order chi connectivity index (χ1) is 9.60. The van der Waals surface area contributed by atoms with Crippen molar-refractivity contribution >= 4 is 11.9 Å². The summed E-state index contributed by atoms with van der Waals surface area (Å²) in [6.45, 7) is 4.36. The fourth-order valence-electron chi connectivity index (χ4n) is 3.54. The van der Waals surface area contributed by atoms with Crippen molar-refractivity contribution in [2.24, 2.45) is 5.41 Å². The number of rotatable bonds is 3. The second-order valence-electron chi connectivity index (χ2n) is 6.09. The lowest BCUT2D eigenvalue weighted by Crippen LogP contribution is -2.54. The number of piperidine rings is 1. The van der Waals surface area contributed by atoms with E-state index in [0.717, 1.165) is 51.6 Å². The molecule has 1 amide bonds. The fraction of sp³-hybridized carbons (Fsp3) is 0.867. The maximum Gasteiger partial charge on any atom is 0.326 e. The number of aliphatic carboxylic acids is 1. The first-order valence-corrected chi connectivity index (χ1v) is 7.85. The molecule has 2 fully saturated rings. The second kappa shape index (κ2) is 6.57. The zero-order valence-corrected chi connectivity index (χ0v) is 12.4. The SMILES string of the molecule is CCC1(C(=O)N2CCCCCC2C(=O)O)CCNCC1. The van der Waals surface area contributed by atoms with Gasteiger partial charge in [0.2, 0.25) is 5.91 Å². The van der Waals surface area contributed by atoms with Crippen molar-refractivity contribution in [1.82, 2.24) is 10.2 Å². The third-order valence-electron chi connectivity index (χ3n) is 4.99. The fourth-order valence-corrected chi connectivity index (χ4v) is 3.54. The summed E-state index contributed by atoms with van der Waals surface area (Å²) >= 11 is 0. The van der Waals surface area contributed by atoms with Gasteiger partial charge in [0.25, 0.3) is 0 Å². The molecular formula is C15H26N2O3. The van der Waals surface area contributed by atoms with Crippen molar-refractivity contribution in [2.45, 2.75) is 57.9 Å². The van der Waals surface area contributed by atoms with Crippen LogP contribution < -0.4 is 5.32 Å².